The lowest BCUT2D eigenvalue weighted by Gasteiger charge is -2.25. The molecular weight excluding hydrogens is 511 g/mol. The van der Waals surface area contributed by atoms with E-state index >= 15 is 0 Å². The molecular formula is C26H31N5O2S3. The molecule has 0 aliphatic heterocycles. The van der Waals surface area contributed by atoms with Gasteiger partial charge in [0, 0.05) is 23.4 Å². The molecule has 4 aliphatic carbocycles. The van der Waals surface area contributed by atoms with E-state index < -0.39 is 0 Å². The van der Waals surface area contributed by atoms with E-state index in [4.69, 9.17) is 12.2 Å². The maximum atomic E-state index is 13.3. The van der Waals surface area contributed by atoms with Crippen LogP contribution in [-0.4, -0.2) is 40.8 Å². The molecule has 0 saturated heterocycles. The quantitative estimate of drug-likeness (QED) is 0.287. The number of anilines is 2. The molecule has 4 N–H and O–H groups in total. The van der Waals surface area contributed by atoms with Crippen molar-refractivity contribution in [1.82, 2.24) is 15.6 Å². The van der Waals surface area contributed by atoms with Crippen molar-refractivity contribution in [2.75, 3.05) is 23.4 Å². The highest BCUT2D eigenvalue weighted by molar-refractivity contribution is 7.98. The van der Waals surface area contributed by atoms with Crippen LogP contribution in [0.1, 0.15) is 59.3 Å². The van der Waals surface area contributed by atoms with Crippen LogP contribution in [0.2, 0.25) is 0 Å². The summed E-state index contributed by atoms with van der Waals surface area (Å²) in [7, 11) is 0. The molecule has 6 rings (SSSR count). The Morgan fingerprint density at radius 1 is 1.22 bits per heavy atom. The first-order valence-electron chi connectivity index (χ1n) is 12.8. The van der Waals surface area contributed by atoms with Crippen LogP contribution in [0.3, 0.4) is 0 Å². The molecule has 1 spiro atoms. The monoisotopic (exact) mass is 541 g/mol. The average molecular weight is 542 g/mol. The Balaban J connectivity index is 1.16. The van der Waals surface area contributed by atoms with E-state index in [2.05, 4.69) is 26.3 Å². The third-order valence-corrected chi connectivity index (χ3v) is 9.95. The lowest BCUT2D eigenvalue weighted by atomic mass is 9.91. The van der Waals surface area contributed by atoms with E-state index in [-0.39, 0.29) is 29.2 Å². The molecule has 3 fully saturated rings. The minimum atomic E-state index is -0.0638. The van der Waals surface area contributed by atoms with Crippen molar-refractivity contribution in [3.05, 3.63) is 34.2 Å². The van der Waals surface area contributed by atoms with Crippen LogP contribution in [-0.2, 0) is 17.6 Å². The molecule has 7 nitrogen and oxygen atoms in total. The Hall–Kier alpha value is -2.17. The van der Waals surface area contributed by atoms with Crippen molar-refractivity contribution in [2.45, 2.75) is 62.4 Å². The van der Waals surface area contributed by atoms with Gasteiger partial charge in [0.15, 0.2) is 5.11 Å². The summed E-state index contributed by atoms with van der Waals surface area (Å²) in [5, 5.41) is 15.1. The summed E-state index contributed by atoms with van der Waals surface area (Å²) in [5.41, 5.74) is 2.00. The summed E-state index contributed by atoms with van der Waals surface area (Å²) in [6, 6.07) is 5.92. The van der Waals surface area contributed by atoms with Crippen molar-refractivity contribution in [2.24, 2.45) is 17.3 Å². The van der Waals surface area contributed by atoms with Gasteiger partial charge in [-0.2, -0.15) is 0 Å². The average Bonchev–Trinajstić information content (AvgIpc) is 3.79. The first-order chi connectivity index (χ1) is 17.4. The molecule has 190 valence electrons. The van der Waals surface area contributed by atoms with Crippen molar-refractivity contribution in [3.8, 4) is 0 Å². The van der Waals surface area contributed by atoms with Gasteiger partial charge in [-0.05, 0) is 98.9 Å². The van der Waals surface area contributed by atoms with Gasteiger partial charge < -0.3 is 21.3 Å². The maximum absolute atomic E-state index is 13.3. The van der Waals surface area contributed by atoms with Gasteiger partial charge in [0.25, 0.3) is 5.91 Å². The SMILES string of the molecule is CSc1cccc(NC(=S)N[C@H]2CCc3sc(NC(=O)C4CC45CC5)c(C(=O)NCC4CC4)c3C2)n1. The highest BCUT2D eigenvalue weighted by Crippen LogP contribution is 2.70. The number of rotatable bonds is 8. The van der Waals surface area contributed by atoms with Gasteiger partial charge >= 0.3 is 0 Å². The van der Waals surface area contributed by atoms with Gasteiger partial charge in [0.1, 0.15) is 10.8 Å². The number of nitrogens with one attached hydrogen (secondary N) is 4. The topological polar surface area (TPSA) is 95.1 Å². The Bertz CT molecular complexity index is 1220. The number of thiocarbonyl (C=S) groups is 1. The van der Waals surface area contributed by atoms with Crippen LogP contribution in [0.5, 0.6) is 0 Å². The largest absolute Gasteiger partial charge is 0.359 e. The number of thioether (sulfide) groups is 1. The van der Waals surface area contributed by atoms with Gasteiger partial charge in [-0.3, -0.25) is 9.59 Å². The normalized spacial score (nSPS) is 22.9. The number of pyridine rings is 1. The van der Waals surface area contributed by atoms with Crippen LogP contribution in [0.25, 0.3) is 0 Å². The van der Waals surface area contributed by atoms with Gasteiger partial charge in [-0.15, -0.1) is 23.1 Å². The Morgan fingerprint density at radius 2 is 2.06 bits per heavy atom. The minimum absolute atomic E-state index is 0.0638. The second kappa shape index (κ2) is 9.61. The second-order valence-corrected chi connectivity index (χ2v) is 12.9. The summed E-state index contributed by atoms with van der Waals surface area (Å²) in [5.74, 6) is 1.45. The van der Waals surface area contributed by atoms with Crippen LogP contribution < -0.4 is 21.3 Å². The molecule has 0 aromatic carbocycles. The van der Waals surface area contributed by atoms with Gasteiger partial charge in [0.2, 0.25) is 5.91 Å². The summed E-state index contributed by atoms with van der Waals surface area (Å²) < 4.78 is 0. The van der Waals surface area contributed by atoms with E-state index in [0.717, 1.165) is 34.9 Å². The summed E-state index contributed by atoms with van der Waals surface area (Å²) >= 11 is 8.75. The molecule has 4 aliphatic rings. The van der Waals surface area contributed by atoms with Crippen LogP contribution in [0.15, 0.2) is 23.2 Å². The highest BCUT2D eigenvalue weighted by atomic mass is 32.2. The fourth-order valence-corrected chi connectivity index (χ4v) is 7.17. The van der Waals surface area contributed by atoms with Crippen molar-refractivity contribution in [1.29, 1.82) is 0 Å². The number of nitrogens with zero attached hydrogens (tertiary/aromatic N) is 1. The number of aryl methyl sites for hydroxylation is 1. The molecule has 2 atom stereocenters. The molecule has 2 aromatic rings. The van der Waals surface area contributed by atoms with Crippen LogP contribution >= 0.6 is 35.3 Å². The molecule has 2 heterocycles. The molecule has 2 amide bonds. The van der Waals surface area contributed by atoms with Gasteiger partial charge in [-0.1, -0.05) is 6.07 Å². The molecule has 0 bridgehead atoms. The number of hydrogen-bond acceptors (Lipinski definition) is 6. The third-order valence-electron chi connectivity index (χ3n) is 7.88. The number of hydrogen-bond donors (Lipinski definition) is 4. The number of aromatic nitrogens is 1. The van der Waals surface area contributed by atoms with E-state index in [1.807, 2.05) is 24.5 Å². The molecule has 36 heavy (non-hydrogen) atoms. The zero-order valence-electron chi connectivity index (χ0n) is 20.3. The van der Waals surface area contributed by atoms with Crippen molar-refractivity contribution < 1.29 is 9.59 Å². The third kappa shape index (κ3) is 5.13. The maximum Gasteiger partial charge on any atom is 0.254 e. The molecule has 0 radical (unpaired) electrons. The van der Waals surface area contributed by atoms with Crippen LogP contribution in [0, 0.1) is 17.3 Å². The van der Waals surface area contributed by atoms with E-state index in [9.17, 15) is 9.59 Å². The summed E-state index contributed by atoms with van der Waals surface area (Å²) in [4.78, 5) is 32.0. The number of thiophene rings is 1. The zero-order valence-corrected chi connectivity index (χ0v) is 22.8. The van der Waals surface area contributed by atoms with Crippen LogP contribution in [0.4, 0.5) is 10.8 Å². The summed E-state index contributed by atoms with van der Waals surface area (Å²) in [6.07, 6.45) is 10.1. The Morgan fingerprint density at radius 3 is 2.78 bits per heavy atom. The molecule has 10 heteroatoms. The zero-order chi connectivity index (χ0) is 24.9. The number of carbonyl (C=O) groups is 2. The Labute approximate surface area is 225 Å². The molecule has 2 aromatic heterocycles. The van der Waals surface area contributed by atoms with Gasteiger partial charge in [-0.25, -0.2) is 4.98 Å². The number of carbonyl (C=O) groups excluding carboxylic acids is 2. The number of fused-ring (bicyclic) bond motifs is 1. The molecule has 1 unspecified atom stereocenters. The fraction of sp³-hybridized carbons (Fsp3) is 0.538. The predicted molar refractivity (Wildman–Crippen MR) is 149 cm³/mol. The van der Waals surface area contributed by atoms with E-state index in [0.29, 0.717) is 35.4 Å². The summed E-state index contributed by atoms with van der Waals surface area (Å²) in [6.45, 7) is 0.709. The first-order valence-corrected chi connectivity index (χ1v) is 15.2. The van der Waals surface area contributed by atoms with Gasteiger partial charge in [0.05, 0.1) is 10.6 Å². The van der Waals surface area contributed by atoms with Crippen molar-refractivity contribution in [3.63, 3.8) is 0 Å². The highest BCUT2D eigenvalue weighted by Gasteiger charge is 2.65. The lowest BCUT2D eigenvalue weighted by molar-refractivity contribution is -0.117. The second-order valence-electron chi connectivity index (χ2n) is 10.6. The lowest BCUT2D eigenvalue weighted by Crippen LogP contribution is -2.41. The molecule has 3 saturated carbocycles. The standard InChI is InChI=1S/C26H31N5O2S3/c1-35-20-4-2-3-19(29-20)30-25(34)28-15-7-8-18-16(11-15)21(23(33)27-13-14-5-6-14)24(36-18)31-22(32)17-12-26(17)9-10-26/h2-4,14-15,17H,5-13H2,1H3,(H,27,33)(H,31,32)(H2,28,29,30,34)/t15-,17?/m0/s1. The predicted octanol–water partition coefficient (Wildman–Crippen LogP) is 4.59. The van der Waals surface area contributed by atoms with Crippen molar-refractivity contribution >= 4 is 63.1 Å². The first kappa shape index (κ1) is 24.2. The smallest absolute Gasteiger partial charge is 0.254 e. The Kier molecular flexibility index (Phi) is 6.46. The number of amides is 2. The van der Waals surface area contributed by atoms with E-state index in [1.165, 1.54) is 30.6 Å². The fourth-order valence-electron chi connectivity index (χ4n) is 5.25. The van der Waals surface area contributed by atoms with E-state index in [1.54, 1.807) is 23.1 Å². The minimum Gasteiger partial charge on any atom is -0.359 e.